The number of aromatic nitrogens is 1. The fourth-order valence-corrected chi connectivity index (χ4v) is 3.56. The summed E-state index contributed by atoms with van der Waals surface area (Å²) in [6.45, 7) is 2.94. The molecule has 1 aromatic rings. The lowest BCUT2D eigenvalue weighted by atomic mass is 9.97. The van der Waals surface area contributed by atoms with Gasteiger partial charge in [0, 0.05) is 19.6 Å². The van der Waals surface area contributed by atoms with E-state index in [1.54, 1.807) is 0 Å². The van der Waals surface area contributed by atoms with E-state index >= 15 is 0 Å². The topological polar surface area (TPSA) is 56.7 Å². The predicted molar refractivity (Wildman–Crippen MR) is 77.6 cm³/mol. The van der Waals surface area contributed by atoms with Gasteiger partial charge in [-0.15, -0.1) is 0 Å². The zero-order valence-electron chi connectivity index (χ0n) is 11.1. The lowest BCUT2D eigenvalue weighted by Gasteiger charge is -2.32. The van der Waals surface area contributed by atoms with Crippen LogP contribution in [0.2, 0.25) is 5.15 Å². The van der Waals surface area contributed by atoms with Gasteiger partial charge in [0.15, 0.2) is 15.2 Å². The molecule has 19 heavy (non-hydrogen) atoms. The van der Waals surface area contributed by atoms with Crippen LogP contribution in [0.25, 0.3) is 0 Å². The van der Waals surface area contributed by atoms with Gasteiger partial charge in [-0.3, -0.25) is 0 Å². The number of rotatable bonds is 4. The SMILES string of the molecule is CN(C)CC1CCN(c2nc(Cl)c(C(=O)O)s2)CC1. The molecule has 0 bridgehead atoms. The van der Waals surface area contributed by atoms with Crippen LogP contribution in [0.15, 0.2) is 0 Å². The number of thiazole rings is 1. The average molecular weight is 304 g/mol. The second-order valence-corrected chi connectivity index (χ2v) is 6.45. The van der Waals surface area contributed by atoms with Crippen LogP contribution in [0.5, 0.6) is 0 Å². The van der Waals surface area contributed by atoms with Crippen molar-refractivity contribution in [3.05, 3.63) is 10.0 Å². The lowest BCUT2D eigenvalue weighted by molar-refractivity contribution is 0.0702. The number of piperidine rings is 1. The minimum atomic E-state index is -1.00. The van der Waals surface area contributed by atoms with E-state index in [0.29, 0.717) is 5.92 Å². The van der Waals surface area contributed by atoms with E-state index in [4.69, 9.17) is 16.7 Å². The van der Waals surface area contributed by atoms with Gasteiger partial charge < -0.3 is 14.9 Å². The molecule has 0 unspecified atom stereocenters. The molecule has 0 saturated carbocycles. The molecule has 0 atom stereocenters. The molecule has 1 saturated heterocycles. The Balaban J connectivity index is 1.98. The van der Waals surface area contributed by atoms with Crippen molar-refractivity contribution in [2.45, 2.75) is 12.8 Å². The summed E-state index contributed by atoms with van der Waals surface area (Å²) in [7, 11) is 4.18. The smallest absolute Gasteiger partial charge is 0.349 e. The van der Waals surface area contributed by atoms with Crippen molar-refractivity contribution in [2.75, 3.05) is 38.6 Å². The molecule has 1 aliphatic rings. The number of hydrogen-bond acceptors (Lipinski definition) is 5. The molecule has 7 heteroatoms. The van der Waals surface area contributed by atoms with E-state index in [1.807, 2.05) is 0 Å². The van der Waals surface area contributed by atoms with E-state index in [1.165, 1.54) is 0 Å². The molecule has 106 valence electrons. The van der Waals surface area contributed by atoms with Gasteiger partial charge in [-0.05, 0) is 32.9 Å². The van der Waals surface area contributed by atoms with Crippen LogP contribution in [-0.4, -0.2) is 54.7 Å². The normalized spacial score (nSPS) is 17.2. The highest BCUT2D eigenvalue weighted by Gasteiger charge is 2.24. The summed E-state index contributed by atoms with van der Waals surface area (Å²) in [4.78, 5) is 19.6. The standard InChI is InChI=1S/C12H18ClN3O2S/c1-15(2)7-8-3-5-16(6-4-8)12-14-10(13)9(19-12)11(17)18/h8H,3-7H2,1-2H3,(H,17,18). The number of anilines is 1. The number of carbonyl (C=O) groups is 1. The number of carboxylic acids is 1. The first kappa shape index (κ1) is 14.6. The van der Waals surface area contributed by atoms with Gasteiger partial charge in [-0.25, -0.2) is 9.78 Å². The Kier molecular flexibility index (Phi) is 4.65. The highest BCUT2D eigenvalue weighted by atomic mass is 35.5. The Bertz CT molecular complexity index is 456. The first-order chi connectivity index (χ1) is 8.97. The average Bonchev–Trinajstić information content (AvgIpc) is 2.71. The zero-order chi connectivity index (χ0) is 14.0. The molecule has 1 fully saturated rings. The molecule has 1 aliphatic heterocycles. The number of aromatic carboxylic acids is 1. The Morgan fingerprint density at radius 2 is 2.16 bits per heavy atom. The maximum Gasteiger partial charge on any atom is 0.349 e. The van der Waals surface area contributed by atoms with Crippen molar-refractivity contribution >= 4 is 34.0 Å². The highest BCUT2D eigenvalue weighted by molar-refractivity contribution is 7.18. The van der Waals surface area contributed by atoms with E-state index in [2.05, 4.69) is 28.9 Å². The molecule has 0 spiro atoms. The minimum Gasteiger partial charge on any atom is -0.477 e. The fraction of sp³-hybridized carbons (Fsp3) is 0.667. The summed E-state index contributed by atoms with van der Waals surface area (Å²) < 4.78 is 0. The van der Waals surface area contributed by atoms with Crippen LogP contribution >= 0.6 is 22.9 Å². The summed E-state index contributed by atoms with van der Waals surface area (Å²) in [5, 5.41) is 9.81. The van der Waals surface area contributed by atoms with E-state index in [9.17, 15) is 4.79 Å². The van der Waals surface area contributed by atoms with Crippen LogP contribution < -0.4 is 4.90 Å². The van der Waals surface area contributed by atoms with Gasteiger partial charge in [0.25, 0.3) is 0 Å². The summed E-state index contributed by atoms with van der Waals surface area (Å²) in [5.74, 6) is -0.295. The first-order valence-electron chi connectivity index (χ1n) is 6.26. The molecular weight excluding hydrogens is 286 g/mol. The molecule has 5 nitrogen and oxygen atoms in total. The maximum absolute atomic E-state index is 11.0. The van der Waals surface area contributed by atoms with Gasteiger partial charge >= 0.3 is 5.97 Å². The second-order valence-electron chi connectivity index (χ2n) is 5.11. The number of hydrogen-bond donors (Lipinski definition) is 1. The predicted octanol–water partition coefficient (Wildman–Crippen LogP) is 2.27. The molecule has 1 N–H and O–H groups in total. The van der Waals surface area contributed by atoms with Crippen molar-refractivity contribution in [2.24, 2.45) is 5.92 Å². The maximum atomic E-state index is 11.0. The Hall–Kier alpha value is -0.850. The second kappa shape index (κ2) is 6.07. The third-order valence-corrected chi connectivity index (χ3v) is 4.77. The van der Waals surface area contributed by atoms with E-state index < -0.39 is 5.97 Å². The first-order valence-corrected chi connectivity index (χ1v) is 7.46. The van der Waals surface area contributed by atoms with Crippen molar-refractivity contribution in [3.8, 4) is 0 Å². The van der Waals surface area contributed by atoms with Crippen LogP contribution in [0, 0.1) is 5.92 Å². The van der Waals surface area contributed by atoms with Crippen LogP contribution in [-0.2, 0) is 0 Å². The lowest BCUT2D eigenvalue weighted by Crippen LogP contribution is -2.37. The molecule has 0 amide bonds. The number of nitrogens with zero attached hydrogens (tertiary/aromatic N) is 3. The van der Waals surface area contributed by atoms with Crippen LogP contribution in [0.3, 0.4) is 0 Å². The van der Waals surface area contributed by atoms with Crippen molar-refractivity contribution in [1.82, 2.24) is 9.88 Å². The molecule has 0 aromatic carbocycles. The molecular formula is C12H18ClN3O2S. The summed E-state index contributed by atoms with van der Waals surface area (Å²) in [6.07, 6.45) is 2.22. The van der Waals surface area contributed by atoms with Gasteiger partial charge in [0.1, 0.15) is 0 Å². The third kappa shape index (κ3) is 3.58. The highest BCUT2D eigenvalue weighted by Crippen LogP contribution is 2.32. The Labute approximate surface area is 121 Å². The van der Waals surface area contributed by atoms with Crippen molar-refractivity contribution < 1.29 is 9.90 Å². The summed E-state index contributed by atoms with van der Waals surface area (Å²) in [6, 6.07) is 0. The Morgan fingerprint density at radius 1 is 1.53 bits per heavy atom. The minimum absolute atomic E-state index is 0.0999. The van der Waals surface area contributed by atoms with Crippen molar-refractivity contribution in [1.29, 1.82) is 0 Å². The van der Waals surface area contributed by atoms with Crippen LogP contribution in [0.4, 0.5) is 5.13 Å². The molecule has 2 heterocycles. The number of halogens is 1. The molecule has 0 aliphatic carbocycles. The van der Waals surface area contributed by atoms with Gasteiger partial charge in [0.2, 0.25) is 0 Å². The van der Waals surface area contributed by atoms with E-state index in [-0.39, 0.29) is 10.0 Å². The third-order valence-electron chi connectivity index (χ3n) is 3.28. The molecule has 0 radical (unpaired) electrons. The van der Waals surface area contributed by atoms with Crippen molar-refractivity contribution in [3.63, 3.8) is 0 Å². The summed E-state index contributed by atoms with van der Waals surface area (Å²) in [5.41, 5.74) is 0. The summed E-state index contributed by atoms with van der Waals surface area (Å²) >= 11 is 7.00. The van der Waals surface area contributed by atoms with Gasteiger partial charge in [-0.1, -0.05) is 22.9 Å². The Morgan fingerprint density at radius 3 is 2.63 bits per heavy atom. The molecule has 2 rings (SSSR count). The largest absolute Gasteiger partial charge is 0.477 e. The van der Waals surface area contributed by atoms with E-state index in [0.717, 1.165) is 48.9 Å². The van der Waals surface area contributed by atoms with Gasteiger partial charge in [-0.2, -0.15) is 0 Å². The fourth-order valence-electron chi connectivity index (χ4n) is 2.38. The monoisotopic (exact) mass is 303 g/mol. The number of carboxylic acid groups (broad SMARTS) is 1. The zero-order valence-corrected chi connectivity index (χ0v) is 12.7. The van der Waals surface area contributed by atoms with Crippen LogP contribution in [0.1, 0.15) is 22.5 Å². The van der Waals surface area contributed by atoms with Gasteiger partial charge in [0.05, 0.1) is 0 Å². The molecule has 1 aromatic heterocycles. The quantitative estimate of drug-likeness (QED) is 0.925.